The minimum absolute atomic E-state index is 0. The zero-order chi connectivity index (χ0) is 19.4. The standard InChI is InChI=1S/C21H32N4O2.2ClH/c1-3-25(4-2)11-10-23-20(26)16-6-5-7-17(13-16)24-21(27)18-14-8-9-15(12-14)19(18)22;;/h5-7,13-15,18-19H,3-4,8-12,22H2,1-2H3,(H,23,26)(H,24,27);2*1H. The molecule has 2 aliphatic rings. The number of halogens is 2. The van der Waals surface area contributed by atoms with Crippen molar-refractivity contribution in [2.75, 3.05) is 31.5 Å². The van der Waals surface area contributed by atoms with Crippen molar-refractivity contribution < 1.29 is 9.59 Å². The Hall–Kier alpha value is -1.34. The Bertz CT molecular complexity index is 682. The number of amides is 2. The Labute approximate surface area is 186 Å². The van der Waals surface area contributed by atoms with E-state index < -0.39 is 0 Å². The first-order chi connectivity index (χ1) is 13.0. The fourth-order valence-electron chi connectivity index (χ4n) is 4.66. The number of hydrogen-bond acceptors (Lipinski definition) is 4. The number of fused-ring (bicyclic) bond motifs is 2. The SMILES string of the molecule is CCN(CC)CCNC(=O)c1cccc(NC(=O)C2C3CCC(C3)C2N)c1.Cl.Cl. The first-order valence-corrected chi connectivity index (χ1v) is 10.2. The largest absolute Gasteiger partial charge is 0.351 e. The number of nitrogens with two attached hydrogens (primary N) is 1. The van der Waals surface area contributed by atoms with Crippen LogP contribution < -0.4 is 16.4 Å². The second-order valence-electron chi connectivity index (χ2n) is 7.79. The Morgan fingerprint density at radius 1 is 1.14 bits per heavy atom. The van der Waals surface area contributed by atoms with E-state index >= 15 is 0 Å². The molecule has 29 heavy (non-hydrogen) atoms. The summed E-state index contributed by atoms with van der Waals surface area (Å²) < 4.78 is 0. The number of carbonyl (C=O) groups is 2. The molecule has 1 aromatic carbocycles. The number of likely N-dealkylation sites (N-methyl/N-ethyl adjacent to an activating group) is 1. The van der Waals surface area contributed by atoms with Crippen molar-refractivity contribution in [2.45, 2.75) is 39.2 Å². The molecule has 0 heterocycles. The number of rotatable bonds is 8. The van der Waals surface area contributed by atoms with Crippen LogP contribution in [0.5, 0.6) is 0 Å². The van der Waals surface area contributed by atoms with Gasteiger partial charge in [0.15, 0.2) is 0 Å². The highest BCUT2D eigenvalue weighted by atomic mass is 35.5. The molecule has 2 saturated carbocycles. The molecule has 4 unspecified atom stereocenters. The smallest absolute Gasteiger partial charge is 0.251 e. The zero-order valence-corrected chi connectivity index (χ0v) is 18.9. The predicted molar refractivity (Wildman–Crippen MR) is 122 cm³/mol. The van der Waals surface area contributed by atoms with E-state index in [0.29, 0.717) is 29.6 Å². The minimum Gasteiger partial charge on any atom is -0.351 e. The van der Waals surface area contributed by atoms with Gasteiger partial charge < -0.3 is 21.3 Å². The lowest BCUT2D eigenvalue weighted by atomic mass is 9.84. The second kappa shape index (κ2) is 11.7. The van der Waals surface area contributed by atoms with Gasteiger partial charge in [0.25, 0.3) is 5.91 Å². The lowest BCUT2D eigenvalue weighted by Gasteiger charge is -2.27. The number of hydrogen-bond donors (Lipinski definition) is 3. The third-order valence-electron chi connectivity index (χ3n) is 6.28. The molecule has 1 aromatic rings. The van der Waals surface area contributed by atoms with Crippen LogP contribution in [0.15, 0.2) is 24.3 Å². The Balaban J connectivity index is 0.00000210. The van der Waals surface area contributed by atoms with Gasteiger partial charge in [-0.15, -0.1) is 24.8 Å². The van der Waals surface area contributed by atoms with Crippen molar-refractivity contribution in [1.82, 2.24) is 10.2 Å². The lowest BCUT2D eigenvalue weighted by Crippen LogP contribution is -2.42. The van der Waals surface area contributed by atoms with Gasteiger partial charge in [-0.25, -0.2) is 0 Å². The topological polar surface area (TPSA) is 87.5 Å². The van der Waals surface area contributed by atoms with Crippen molar-refractivity contribution in [3.63, 3.8) is 0 Å². The predicted octanol–water partition coefficient (Wildman–Crippen LogP) is 2.91. The Morgan fingerprint density at radius 3 is 2.45 bits per heavy atom. The molecule has 0 aromatic heterocycles. The van der Waals surface area contributed by atoms with Crippen LogP contribution in [0.25, 0.3) is 0 Å². The van der Waals surface area contributed by atoms with Gasteiger partial charge in [-0.2, -0.15) is 0 Å². The molecule has 6 nitrogen and oxygen atoms in total. The van der Waals surface area contributed by atoms with E-state index in [0.717, 1.165) is 38.9 Å². The van der Waals surface area contributed by atoms with Crippen molar-refractivity contribution in [1.29, 1.82) is 0 Å². The molecule has 0 spiro atoms. The quantitative estimate of drug-likeness (QED) is 0.574. The third-order valence-corrected chi connectivity index (χ3v) is 6.28. The van der Waals surface area contributed by atoms with Crippen molar-refractivity contribution in [2.24, 2.45) is 23.5 Å². The average molecular weight is 445 g/mol. The van der Waals surface area contributed by atoms with Crippen LogP contribution in [0.2, 0.25) is 0 Å². The summed E-state index contributed by atoms with van der Waals surface area (Å²) in [5.41, 5.74) is 7.49. The van der Waals surface area contributed by atoms with Gasteiger partial charge in [-0.1, -0.05) is 19.9 Å². The van der Waals surface area contributed by atoms with Crippen LogP contribution in [0.3, 0.4) is 0 Å². The number of nitrogens with one attached hydrogen (secondary N) is 2. The maximum absolute atomic E-state index is 12.7. The van der Waals surface area contributed by atoms with E-state index in [-0.39, 0.29) is 48.6 Å². The molecule has 3 rings (SSSR count). The molecule has 0 aliphatic heterocycles. The first kappa shape index (κ1) is 25.7. The van der Waals surface area contributed by atoms with E-state index in [1.165, 1.54) is 0 Å². The summed E-state index contributed by atoms with van der Waals surface area (Å²) in [6.45, 7) is 7.60. The number of carbonyl (C=O) groups excluding carboxylic acids is 2. The molecule has 4 N–H and O–H groups in total. The molecule has 2 aliphatic carbocycles. The third kappa shape index (κ3) is 6.07. The van der Waals surface area contributed by atoms with Crippen LogP contribution in [0.1, 0.15) is 43.5 Å². The van der Waals surface area contributed by atoms with Gasteiger partial charge >= 0.3 is 0 Å². The van der Waals surface area contributed by atoms with E-state index in [2.05, 4.69) is 29.4 Å². The molecule has 164 valence electrons. The summed E-state index contributed by atoms with van der Waals surface area (Å²) >= 11 is 0. The number of benzene rings is 1. The van der Waals surface area contributed by atoms with Crippen LogP contribution in [-0.2, 0) is 4.79 Å². The summed E-state index contributed by atoms with van der Waals surface area (Å²) in [4.78, 5) is 27.4. The van der Waals surface area contributed by atoms with E-state index in [9.17, 15) is 9.59 Å². The highest BCUT2D eigenvalue weighted by molar-refractivity contribution is 5.98. The van der Waals surface area contributed by atoms with Gasteiger partial charge in [0.2, 0.25) is 5.91 Å². The lowest BCUT2D eigenvalue weighted by molar-refractivity contribution is -0.121. The van der Waals surface area contributed by atoms with Crippen LogP contribution in [0, 0.1) is 17.8 Å². The number of nitrogens with zero attached hydrogens (tertiary/aromatic N) is 1. The molecular formula is C21H34Cl2N4O2. The first-order valence-electron chi connectivity index (χ1n) is 10.2. The minimum atomic E-state index is -0.116. The number of anilines is 1. The van der Waals surface area contributed by atoms with Gasteiger partial charge in [0.05, 0.1) is 5.92 Å². The fourth-order valence-corrected chi connectivity index (χ4v) is 4.66. The van der Waals surface area contributed by atoms with Crippen LogP contribution in [-0.4, -0.2) is 48.9 Å². The summed E-state index contributed by atoms with van der Waals surface area (Å²) in [5.74, 6) is 0.684. The van der Waals surface area contributed by atoms with Crippen molar-refractivity contribution in [3.05, 3.63) is 29.8 Å². The molecule has 4 atom stereocenters. The van der Waals surface area contributed by atoms with Crippen molar-refractivity contribution >= 4 is 42.3 Å². The van der Waals surface area contributed by atoms with E-state index in [1.54, 1.807) is 18.2 Å². The summed E-state index contributed by atoms with van der Waals surface area (Å²) in [5, 5.41) is 5.93. The molecule has 2 bridgehead atoms. The fraction of sp³-hybridized carbons (Fsp3) is 0.619. The molecule has 0 radical (unpaired) electrons. The van der Waals surface area contributed by atoms with Gasteiger partial charge in [0, 0.05) is 30.4 Å². The highest BCUT2D eigenvalue weighted by Crippen LogP contribution is 2.47. The highest BCUT2D eigenvalue weighted by Gasteiger charge is 2.49. The Kier molecular flexibility index (Phi) is 10.4. The molecular weight excluding hydrogens is 411 g/mol. The zero-order valence-electron chi connectivity index (χ0n) is 17.2. The summed E-state index contributed by atoms with van der Waals surface area (Å²) in [7, 11) is 0. The average Bonchev–Trinajstić information content (AvgIpc) is 3.26. The Morgan fingerprint density at radius 2 is 1.83 bits per heavy atom. The molecule has 0 saturated heterocycles. The van der Waals surface area contributed by atoms with Crippen LogP contribution >= 0.6 is 24.8 Å². The van der Waals surface area contributed by atoms with Gasteiger partial charge in [-0.05, 0) is 62.4 Å². The van der Waals surface area contributed by atoms with E-state index in [4.69, 9.17) is 5.73 Å². The van der Waals surface area contributed by atoms with Gasteiger partial charge in [-0.3, -0.25) is 9.59 Å². The monoisotopic (exact) mass is 444 g/mol. The van der Waals surface area contributed by atoms with Crippen LogP contribution in [0.4, 0.5) is 5.69 Å². The summed E-state index contributed by atoms with van der Waals surface area (Å²) in [6, 6.07) is 7.10. The molecule has 2 amide bonds. The normalized spacial score (nSPS) is 24.6. The molecule has 8 heteroatoms. The summed E-state index contributed by atoms with van der Waals surface area (Å²) in [6.07, 6.45) is 3.33. The second-order valence-corrected chi connectivity index (χ2v) is 7.79. The van der Waals surface area contributed by atoms with Crippen molar-refractivity contribution in [3.8, 4) is 0 Å². The maximum Gasteiger partial charge on any atom is 0.251 e. The van der Waals surface area contributed by atoms with E-state index in [1.807, 2.05) is 6.07 Å². The molecule has 2 fully saturated rings. The van der Waals surface area contributed by atoms with Gasteiger partial charge in [0.1, 0.15) is 0 Å². The maximum atomic E-state index is 12.7.